The van der Waals surface area contributed by atoms with Gasteiger partial charge in [-0.25, -0.2) is 0 Å². The van der Waals surface area contributed by atoms with E-state index in [-0.39, 0.29) is 24.9 Å². The van der Waals surface area contributed by atoms with Gasteiger partial charge < -0.3 is 15.7 Å². The summed E-state index contributed by atoms with van der Waals surface area (Å²) in [7, 11) is 0. The number of carbonyl (C=O) groups is 2. The molecule has 44 heavy (non-hydrogen) atoms. The molecule has 258 valence electrons. The van der Waals surface area contributed by atoms with Crippen molar-refractivity contribution in [2.45, 2.75) is 200 Å². The summed E-state index contributed by atoms with van der Waals surface area (Å²) < 4.78 is 0. The Kier molecular flexibility index (Phi) is 34.5. The van der Waals surface area contributed by atoms with Gasteiger partial charge in [0.25, 0.3) is 0 Å². The van der Waals surface area contributed by atoms with Crippen LogP contribution in [0.1, 0.15) is 194 Å². The minimum Gasteiger partial charge on any atom is -0.389 e. The van der Waals surface area contributed by atoms with Crippen molar-refractivity contribution >= 4 is 11.8 Å². The predicted molar refractivity (Wildman–Crippen MR) is 191 cm³/mol. The van der Waals surface area contributed by atoms with Gasteiger partial charge in [0.2, 0.25) is 11.8 Å². The summed E-state index contributed by atoms with van der Waals surface area (Å²) in [4.78, 5) is 24.1. The lowest BCUT2D eigenvalue weighted by molar-refractivity contribution is -0.121. The molecule has 0 unspecified atom stereocenters. The van der Waals surface area contributed by atoms with Gasteiger partial charge in [-0.1, -0.05) is 141 Å². The molecule has 0 aliphatic rings. The van der Waals surface area contributed by atoms with Crippen LogP contribution >= 0.6 is 0 Å². The second-order valence-electron chi connectivity index (χ2n) is 12.9. The van der Waals surface area contributed by atoms with E-state index in [2.05, 4.69) is 48.8 Å². The lowest BCUT2D eigenvalue weighted by Crippen LogP contribution is -2.39. The lowest BCUT2D eigenvalue weighted by atomic mass is 10.1. The molecule has 3 N–H and O–H groups in total. The van der Waals surface area contributed by atoms with Crippen LogP contribution in [-0.2, 0) is 9.59 Å². The minimum atomic E-state index is -0.744. The number of rotatable bonds is 34. The van der Waals surface area contributed by atoms with Crippen molar-refractivity contribution in [2.75, 3.05) is 13.1 Å². The van der Waals surface area contributed by atoms with Gasteiger partial charge in [0.15, 0.2) is 0 Å². The smallest absolute Gasteiger partial charge is 0.220 e. The highest BCUT2D eigenvalue weighted by Crippen LogP contribution is 2.11. The fraction of sp³-hybridized carbons (Fsp3) is 0.846. The van der Waals surface area contributed by atoms with E-state index in [1.54, 1.807) is 0 Å². The van der Waals surface area contributed by atoms with E-state index in [0.29, 0.717) is 12.8 Å². The zero-order chi connectivity index (χ0) is 32.2. The maximum Gasteiger partial charge on any atom is 0.220 e. The molecule has 0 heterocycles. The molecule has 0 fully saturated rings. The summed E-state index contributed by atoms with van der Waals surface area (Å²) in [6, 6.07) is 0. The number of carbonyl (C=O) groups excluding carboxylic acids is 2. The quantitative estimate of drug-likeness (QED) is 0.0496. The molecule has 0 radical (unpaired) electrons. The summed E-state index contributed by atoms with van der Waals surface area (Å²) in [5, 5.41) is 15.7. The molecule has 0 aromatic heterocycles. The van der Waals surface area contributed by atoms with Crippen LogP contribution in [-0.4, -0.2) is 36.1 Å². The topological polar surface area (TPSA) is 78.4 Å². The zero-order valence-electron chi connectivity index (χ0n) is 29.4. The SMILES string of the molecule is CCCCCCCCC=CCCCCCCCC(=O)NCC(O)CNC(=O)CCCCCCCC=CCCCCCCCC. The highest BCUT2D eigenvalue weighted by atomic mass is 16.3. The Labute approximate surface area is 273 Å². The first-order valence-electron chi connectivity index (χ1n) is 19.1. The molecule has 0 atom stereocenters. The summed E-state index contributed by atoms with van der Waals surface area (Å²) in [5.74, 6) is -0.0254. The molecule has 0 aliphatic heterocycles. The molecule has 5 heteroatoms. The Morgan fingerprint density at radius 1 is 0.455 bits per heavy atom. The van der Waals surface area contributed by atoms with E-state index < -0.39 is 6.10 Å². The molecule has 2 amide bonds. The normalized spacial score (nSPS) is 12.3. The third kappa shape index (κ3) is 34.9. The maximum absolute atomic E-state index is 12.1. The van der Waals surface area contributed by atoms with Crippen LogP contribution in [0.15, 0.2) is 24.3 Å². The van der Waals surface area contributed by atoms with Gasteiger partial charge in [-0.05, 0) is 64.2 Å². The van der Waals surface area contributed by atoms with Crippen molar-refractivity contribution in [3.05, 3.63) is 24.3 Å². The largest absolute Gasteiger partial charge is 0.389 e. The fourth-order valence-corrected chi connectivity index (χ4v) is 5.42. The number of unbranched alkanes of at least 4 members (excludes halogenated alkanes) is 22. The van der Waals surface area contributed by atoms with Crippen molar-refractivity contribution in [1.29, 1.82) is 0 Å². The zero-order valence-corrected chi connectivity index (χ0v) is 29.4. The number of hydrogen-bond acceptors (Lipinski definition) is 3. The first kappa shape index (κ1) is 42.4. The molecule has 0 saturated heterocycles. The summed E-state index contributed by atoms with van der Waals surface area (Å²) in [5.41, 5.74) is 0. The van der Waals surface area contributed by atoms with Gasteiger partial charge in [-0.15, -0.1) is 0 Å². The Morgan fingerprint density at radius 2 is 0.727 bits per heavy atom. The molecule has 0 aromatic carbocycles. The standard InChI is InChI=1S/C39H74N2O3/c1-3-5-7-9-11-13-15-17-19-21-23-25-27-29-31-33-38(43)40-35-37(42)36-41-39(44)34-32-30-28-26-24-22-20-18-16-14-12-10-8-6-4-2/h17-20,37,42H,3-16,21-36H2,1-2H3,(H,40,43)(H,41,44). The Bertz CT molecular complexity index is 620. The third-order valence-electron chi connectivity index (χ3n) is 8.40. The van der Waals surface area contributed by atoms with Crippen LogP contribution in [0.5, 0.6) is 0 Å². The molecular weight excluding hydrogens is 544 g/mol. The number of allylic oxidation sites excluding steroid dienone is 4. The highest BCUT2D eigenvalue weighted by Gasteiger charge is 2.09. The van der Waals surface area contributed by atoms with Crippen molar-refractivity contribution in [3.8, 4) is 0 Å². The third-order valence-corrected chi connectivity index (χ3v) is 8.40. The van der Waals surface area contributed by atoms with Crippen molar-refractivity contribution < 1.29 is 14.7 Å². The fourth-order valence-electron chi connectivity index (χ4n) is 5.42. The molecule has 5 nitrogen and oxygen atoms in total. The summed E-state index contributed by atoms with van der Waals surface area (Å²) >= 11 is 0. The first-order chi connectivity index (χ1) is 21.6. The average molecular weight is 619 g/mol. The number of aliphatic hydroxyl groups excluding tert-OH is 1. The first-order valence-corrected chi connectivity index (χ1v) is 19.1. The average Bonchev–Trinajstić information content (AvgIpc) is 3.02. The molecule has 0 aromatic rings. The van der Waals surface area contributed by atoms with E-state index in [4.69, 9.17) is 0 Å². The number of aliphatic hydroxyl groups is 1. The summed E-state index contributed by atoms with van der Waals surface area (Å²) in [6.07, 6.45) is 41.9. The second kappa shape index (κ2) is 35.9. The van der Waals surface area contributed by atoms with E-state index >= 15 is 0 Å². The Hall–Kier alpha value is -1.62. The molecule has 0 spiro atoms. The molecule has 0 rings (SSSR count). The van der Waals surface area contributed by atoms with Crippen LogP contribution in [0.4, 0.5) is 0 Å². The van der Waals surface area contributed by atoms with Crippen LogP contribution < -0.4 is 10.6 Å². The lowest BCUT2D eigenvalue weighted by Gasteiger charge is -2.13. The molecular formula is C39H74N2O3. The van der Waals surface area contributed by atoms with E-state index in [0.717, 1.165) is 25.7 Å². The molecule has 0 saturated carbocycles. The second-order valence-corrected chi connectivity index (χ2v) is 12.9. The van der Waals surface area contributed by atoms with Crippen LogP contribution in [0.3, 0.4) is 0 Å². The minimum absolute atomic E-state index is 0.0127. The van der Waals surface area contributed by atoms with Gasteiger partial charge in [0.1, 0.15) is 0 Å². The number of amides is 2. The number of hydrogen-bond donors (Lipinski definition) is 3. The van der Waals surface area contributed by atoms with Gasteiger partial charge in [0, 0.05) is 25.9 Å². The van der Waals surface area contributed by atoms with Gasteiger partial charge in [0.05, 0.1) is 6.10 Å². The summed E-state index contributed by atoms with van der Waals surface area (Å²) in [6.45, 7) is 4.91. The van der Waals surface area contributed by atoms with Crippen molar-refractivity contribution in [1.82, 2.24) is 10.6 Å². The Balaban J connectivity index is 3.45. The van der Waals surface area contributed by atoms with Gasteiger partial charge in [-0.3, -0.25) is 9.59 Å². The number of nitrogens with one attached hydrogen (secondary N) is 2. The van der Waals surface area contributed by atoms with Crippen LogP contribution in [0, 0.1) is 0 Å². The molecule has 0 bridgehead atoms. The van der Waals surface area contributed by atoms with Crippen LogP contribution in [0.2, 0.25) is 0 Å². The van der Waals surface area contributed by atoms with Gasteiger partial charge in [-0.2, -0.15) is 0 Å². The highest BCUT2D eigenvalue weighted by molar-refractivity contribution is 5.76. The van der Waals surface area contributed by atoms with Crippen LogP contribution in [0.25, 0.3) is 0 Å². The molecule has 0 aliphatic carbocycles. The van der Waals surface area contributed by atoms with Gasteiger partial charge >= 0.3 is 0 Å². The van der Waals surface area contributed by atoms with E-state index in [9.17, 15) is 14.7 Å². The Morgan fingerprint density at radius 3 is 1.05 bits per heavy atom. The maximum atomic E-state index is 12.1. The van der Waals surface area contributed by atoms with E-state index in [1.807, 2.05) is 0 Å². The van der Waals surface area contributed by atoms with Crippen molar-refractivity contribution in [2.24, 2.45) is 0 Å². The van der Waals surface area contributed by atoms with E-state index in [1.165, 1.54) is 141 Å². The van der Waals surface area contributed by atoms with Crippen molar-refractivity contribution in [3.63, 3.8) is 0 Å². The predicted octanol–water partition coefficient (Wildman–Crippen LogP) is 10.7. The monoisotopic (exact) mass is 619 g/mol.